The van der Waals surface area contributed by atoms with Gasteiger partial charge in [-0.2, -0.15) is 0 Å². The van der Waals surface area contributed by atoms with Crippen LogP contribution >= 0.6 is 0 Å². The molecular formula is C22H26O3. The maximum Gasteiger partial charge on any atom is 0.308 e. The van der Waals surface area contributed by atoms with Crippen LogP contribution in [0, 0.1) is 17.8 Å². The molecule has 3 rings (SSSR count). The smallest absolute Gasteiger partial charge is 0.308 e. The van der Waals surface area contributed by atoms with Gasteiger partial charge in [0.1, 0.15) is 5.75 Å². The maximum atomic E-state index is 11.6. The Bertz CT molecular complexity index is 695. The van der Waals surface area contributed by atoms with Gasteiger partial charge in [-0.3, -0.25) is 4.79 Å². The van der Waals surface area contributed by atoms with E-state index in [2.05, 4.69) is 30.3 Å². The van der Waals surface area contributed by atoms with Gasteiger partial charge in [-0.25, -0.2) is 0 Å². The third kappa shape index (κ3) is 5.09. The lowest BCUT2D eigenvalue weighted by Gasteiger charge is -2.11. The number of ether oxygens (including phenoxy) is 2. The quantitative estimate of drug-likeness (QED) is 0.673. The Morgan fingerprint density at radius 1 is 1.08 bits per heavy atom. The molecule has 0 heterocycles. The number of hydrogen-bond acceptors (Lipinski definition) is 3. The summed E-state index contributed by atoms with van der Waals surface area (Å²) in [6, 6.07) is 18.7. The van der Waals surface area contributed by atoms with E-state index in [1.54, 1.807) is 0 Å². The van der Waals surface area contributed by atoms with E-state index in [9.17, 15) is 4.79 Å². The number of carbonyl (C=O) groups is 1. The summed E-state index contributed by atoms with van der Waals surface area (Å²) >= 11 is 0. The number of esters is 1. The predicted molar refractivity (Wildman–Crippen MR) is 98.6 cm³/mol. The van der Waals surface area contributed by atoms with Gasteiger partial charge in [-0.1, -0.05) is 49.4 Å². The van der Waals surface area contributed by atoms with Gasteiger partial charge in [-0.05, 0) is 54.4 Å². The second-order valence-corrected chi connectivity index (χ2v) is 7.03. The lowest BCUT2D eigenvalue weighted by Crippen LogP contribution is -2.15. The first-order valence-corrected chi connectivity index (χ1v) is 8.99. The summed E-state index contributed by atoms with van der Waals surface area (Å²) in [4.78, 5) is 11.6. The van der Waals surface area contributed by atoms with Gasteiger partial charge in [0.25, 0.3) is 0 Å². The van der Waals surface area contributed by atoms with E-state index >= 15 is 0 Å². The Kier molecular flexibility index (Phi) is 5.75. The molecule has 1 fully saturated rings. The molecule has 3 atom stereocenters. The Balaban J connectivity index is 1.46. The van der Waals surface area contributed by atoms with Crippen molar-refractivity contribution in [2.75, 3.05) is 13.7 Å². The first-order valence-electron chi connectivity index (χ1n) is 8.99. The molecule has 0 aliphatic heterocycles. The van der Waals surface area contributed by atoms with E-state index in [1.807, 2.05) is 31.2 Å². The van der Waals surface area contributed by atoms with Crippen LogP contribution in [-0.4, -0.2) is 19.7 Å². The molecule has 0 bridgehead atoms. The van der Waals surface area contributed by atoms with Crippen LogP contribution in [-0.2, 0) is 22.4 Å². The standard InChI is InChI=1S/C22H26O3/c1-16(22(23)24-2)11-18-9-6-10-21(13-18)25-15-20-14-19(20)12-17-7-4-3-5-8-17/h3-10,13,16,19-20H,11-12,14-15H2,1-2H3. The molecule has 0 N–H and O–H groups in total. The average Bonchev–Trinajstić information content (AvgIpc) is 3.38. The van der Waals surface area contributed by atoms with Crippen LogP contribution in [0.25, 0.3) is 0 Å². The van der Waals surface area contributed by atoms with E-state index in [0.29, 0.717) is 12.3 Å². The van der Waals surface area contributed by atoms with E-state index < -0.39 is 0 Å². The molecule has 1 saturated carbocycles. The van der Waals surface area contributed by atoms with Gasteiger partial charge < -0.3 is 9.47 Å². The first-order chi connectivity index (χ1) is 12.2. The topological polar surface area (TPSA) is 35.5 Å². The molecule has 1 aliphatic rings. The monoisotopic (exact) mass is 338 g/mol. The molecule has 25 heavy (non-hydrogen) atoms. The van der Waals surface area contributed by atoms with Crippen LogP contribution in [0.3, 0.4) is 0 Å². The Morgan fingerprint density at radius 3 is 2.60 bits per heavy atom. The molecule has 3 nitrogen and oxygen atoms in total. The molecule has 0 aromatic heterocycles. The summed E-state index contributed by atoms with van der Waals surface area (Å²) in [6.45, 7) is 2.66. The van der Waals surface area contributed by atoms with Gasteiger partial charge in [-0.15, -0.1) is 0 Å². The minimum atomic E-state index is -0.173. The Morgan fingerprint density at radius 2 is 1.84 bits per heavy atom. The highest BCUT2D eigenvalue weighted by molar-refractivity contribution is 5.72. The summed E-state index contributed by atoms with van der Waals surface area (Å²) in [7, 11) is 1.43. The second-order valence-electron chi connectivity index (χ2n) is 7.03. The SMILES string of the molecule is COC(=O)C(C)Cc1cccc(OCC2CC2Cc2ccccc2)c1. The fourth-order valence-electron chi connectivity index (χ4n) is 3.28. The zero-order valence-electron chi connectivity index (χ0n) is 15.0. The Hall–Kier alpha value is -2.29. The number of carbonyl (C=O) groups excluding carboxylic acids is 1. The zero-order chi connectivity index (χ0) is 17.6. The van der Waals surface area contributed by atoms with E-state index in [-0.39, 0.29) is 11.9 Å². The first kappa shape index (κ1) is 17.5. The van der Waals surface area contributed by atoms with Crippen LogP contribution in [0.4, 0.5) is 0 Å². The summed E-state index contributed by atoms with van der Waals surface area (Å²) < 4.78 is 10.8. The van der Waals surface area contributed by atoms with Crippen molar-refractivity contribution < 1.29 is 14.3 Å². The number of hydrogen-bond donors (Lipinski definition) is 0. The molecule has 3 unspecified atom stereocenters. The van der Waals surface area contributed by atoms with Crippen LogP contribution in [0.2, 0.25) is 0 Å². The maximum absolute atomic E-state index is 11.6. The van der Waals surface area contributed by atoms with E-state index in [1.165, 1.54) is 19.1 Å². The van der Waals surface area contributed by atoms with E-state index in [4.69, 9.17) is 9.47 Å². The third-order valence-electron chi connectivity index (χ3n) is 4.92. The van der Waals surface area contributed by atoms with Crippen molar-refractivity contribution in [3.8, 4) is 5.75 Å². The van der Waals surface area contributed by atoms with Gasteiger partial charge in [0.05, 0.1) is 19.6 Å². The van der Waals surface area contributed by atoms with Crippen LogP contribution in [0.5, 0.6) is 5.75 Å². The lowest BCUT2D eigenvalue weighted by atomic mass is 10.0. The van der Waals surface area contributed by atoms with Crippen molar-refractivity contribution in [3.63, 3.8) is 0 Å². The largest absolute Gasteiger partial charge is 0.493 e. The summed E-state index contributed by atoms with van der Waals surface area (Å²) in [5.41, 5.74) is 2.51. The van der Waals surface area contributed by atoms with Crippen LogP contribution < -0.4 is 4.74 Å². The molecule has 3 heteroatoms. The highest BCUT2D eigenvalue weighted by atomic mass is 16.5. The Labute approximate surface area is 150 Å². The van der Waals surface area contributed by atoms with Crippen molar-refractivity contribution in [1.82, 2.24) is 0 Å². The molecule has 0 radical (unpaired) electrons. The van der Waals surface area contributed by atoms with Gasteiger partial charge in [0.15, 0.2) is 0 Å². The van der Waals surface area contributed by atoms with E-state index in [0.717, 1.165) is 30.3 Å². The number of methoxy groups -OCH3 is 1. The van der Waals surface area contributed by atoms with Crippen molar-refractivity contribution in [2.45, 2.75) is 26.2 Å². The number of benzene rings is 2. The fourth-order valence-corrected chi connectivity index (χ4v) is 3.28. The molecular weight excluding hydrogens is 312 g/mol. The van der Waals surface area contributed by atoms with Crippen LogP contribution in [0.15, 0.2) is 54.6 Å². The van der Waals surface area contributed by atoms with Crippen LogP contribution in [0.1, 0.15) is 24.5 Å². The molecule has 0 saturated heterocycles. The predicted octanol–water partition coefficient (Wildman–Crippen LogP) is 4.30. The highest BCUT2D eigenvalue weighted by Crippen LogP contribution is 2.41. The summed E-state index contributed by atoms with van der Waals surface area (Å²) in [5, 5.41) is 0. The molecule has 2 aromatic rings. The molecule has 2 aromatic carbocycles. The van der Waals surface area contributed by atoms with Crippen molar-refractivity contribution in [1.29, 1.82) is 0 Å². The highest BCUT2D eigenvalue weighted by Gasteiger charge is 2.37. The molecule has 132 valence electrons. The normalized spacial score (nSPS) is 19.9. The van der Waals surface area contributed by atoms with Gasteiger partial charge in [0.2, 0.25) is 0 Å². The minimum Gasteiger partial charge on any atom is -0.493 e. The van der Waals surface area contributed by atoms with Crippen molar-refractivity contribution >= 4 is 5.97 Å². The fraction of sp³-hybridized carbons (Fsp3) is 0.409. The van der Waals surface area contributed by atoms with Crippen molar-refractivity contribution in [2.24, 2.45) is 17.8 Å². The third-order valence-corrected chi connectivity index (χ3v) is 4.92. The van der Waals surface area contributed by atoms with Gasteiger partial charge >= 0.3 is 5.97 Å². The van der Waals surface area contributed by atoms with Crippen molar-refractivity contribution in [3.05, 3.63) is 65.7 Å². The molecule has 1 aliphatic carbocycles. The summed E-state index contributed by atoms with van der Waals surface area (Å²) in [5.74, 6) is 1.97. The lowest BCUT2D eigenvalue weighted by molar-refractivity contribution is -0.144. The number of rotatable bonds is 8. The van der Waals surface area contributed by atoms with Gasteiger partial charge in [0, 0.05) is 0 Å². The summed E-state index contributed by atoms with van der Waals surface area (Å²) in [6.07, 6.45) is 3.06. The minimum absolute atomic E-state index is 0.140. The second kappa shape index (κ2) is 8.19. The average molecular weight is 338 g/mol. The molecule has 0 spiro atoms. The molecule has 0 amide bonds. The zero-order valence-corrected chi connectivity index (χ0v) is 15.0.